The molecule has 0 aliphatic heterocycles. The summed E-state index contributed by atoms with van der Waals surface area (Å²) < 4.78 is 0. The second kappa shape index (κ2) is 15.9. The lowest BCUT2D eigenvalue weighted by atomic mass is 10.1. The van der Waals surface area contributed by atoms with E-state index in [1.807, 2.05) is 6.07 Å². The summed E-state index contributed by atoms with van der Waals surface area (Å²) in [4.78, 5) is 22.4. The Labute approximate surface area is 170 Å². The van der Waals surface area contributed by atoms with Gasteiger partial charge in [-0.05, 0) is 37.8 Å². The number of hydrogen-bond donors (Lipinski definition) is 2. The molecule has 0 atom stereocenters. The molecule has 0 amide bonds. The Kier molecular flexibility index (Phi) is 13.6. The Morgan fingerprint density at radius 2 is 1.57 bits per heavy atom. The van der Waals surface area contributed by atoms with Gasteiger partial charge in [0.25, 0.3) is 0 Å². The summed E-state index contributed by atoms with van der Waals surface area (Å²) in [7, 11) is 0. The zero-order valence-corrected chi connectivity index (χ0v) is 17.4. The molecule has 156 valence electrons. The molecule has 0 aromatic heterocycles. The van der Waals surface area contributed by atoms with Gasteiger partial charge in [0.1, 0.15) is 6.42 Å². The zero-order chi connectivity index (χ0) is 20.5. The molecule has 1 rings (SSSR count). The molecule has 2 N–H and O–H groups in total. The molecule has 0 bridgehead atoms. The second-order valence-electron chi connectivity index (χ2n) is 7.38. The van der Waals surface area contributed by atoms with Crippen molar-refractivity contribution in [3.05, 3.63) is 42.0 Å². The largest absolute Gasteiger partial charge is 0.481 e. The van der Waals surface area contributed by atoms with Gasteiger partial charge in [0.2, 0.25) is 0 Å². The second-order valence-corrected chi connectivity index (χ2v) is 7.38. The predicted octanol–water partition coefficient (Wildman–Crippen LogP) is 6.62. The number of nitrogens with one attached hydrogen (secondary N) is 1. The normalized spacial score (nSPS) is 11.0. The summed E-state index contributed by atoms with van der Waals surface area (Å²) in [5, 5.41) is 12.0. The van der Waals surface area contributed by atoms with Crippen LogP contribution in [0.3, 0.4) is 0 Å². The smallest absolute Gasteiger partial charge is 0.311 e. The summed E-state index contributed by atoms with van der Waals surface area (Å²) in [6.07, 6.45) is 18.2. The van der Waals surface area contributed by atoms with Crippen molar-refractivity contribution in [1.82, 2.24) is 0 Å². The lowest BCUT2D eigenvalue weighted by molar-refractivity contribution is -0.135. The summed E-state index contributed by atoms with van der Waals surface area (Å²) >= 11 is 0. The fraction of sp³-hybridized carbons (Fsp3) is 0.583. The van der Waals surface area contributed by atoms with E-state index in [-0.39, 0.29) is 5.78 Å². The fourth-order valence-corrected chi connectivity index (χ4v) is 3.13. The van der Waals surface area contributed by atoms with Gasteiger partial charge in [0.05, 0.1) is 0 Å². The highest BCUT2D eigenvalue weighted by Crippen LogP contribution is 2.13. The highest BCUT2D eigenvalue weighted by molar-refractivity contribution is 6.05. The van der Waals surface area contributed by atoms with Crippen LogP contribution >= 0.6 is 0 Å². The lowest BCUT2D eigenvalue weighted by Crippen LogP contribution is -2.08. The van der Waals surface area contributed by atoms with Gasteiger partial charge in [-0.15, -0.1) is 0 Å². The number of hydrogen-bond acceptors (Lipinski definition) is 3. The number of aliphatic carboxylic acids is 1. The highest BCUT2D eigenvalue weighted by Gasteiger charge is 2.10. The minimum atomic E-state index is -1.10. The first kappa shape index (κ1) is 23.9. The van der Waals surface area contributed by atoms with E-state index in [1.165, 1.54) is 57.8 Å². The molecule has 28 heavy (non-hydrogen) atoms. The van der Waals surface area contributed by atoms with Crippen LogP contribution < -0.4 is 5.32 Å². The predicted molar refractivity (Wildman–Crippen MR) is 117 cm³/mol. The number of benzene rings is 1. The molecule has 0 radical (unpaired) electrons. The van der Waals surface area contributed by atoms with Gasteiger partial charge in [-0.25, -0.2) is 0 Å². The molecule has 0 heterocycles. The van der Waals surface area contributed by atoms with Gasteiger partial charge in [-0.2, -0.15) is 0 Å². The molecule has 4 heteroatoms. The molecule has 1 aromatic carbocycles. The number of rotatable bonds is 17. The van der Waals surface area contributed by atoms with E-state index in [1.54, 1.807) is 18.2 Å². The van der Waals surface area contributed by atoms with E-state index < -0.39 is 12.4 Å². The van der Waals surface area contributed by atoms with Gasteiger partial charge < -0.3 is 10.4 Å². The van der Waals surface area contributed by atoms with Crippen molar-refractivity contribution in [1.29, 1.82) is 0 Å². The summed E-state index contributed by atoms with van der Waals surface area (Å²) in [5.74, 6) is -1.46. The van der Waals surface area contributed by atoms with E-state index in [0.717, 1.165) is 25.1 Å². The van der Waals surface area contributed by atoms with Crippen LogP contribution in [0.25, 0.3) is 0 Å². The number of carboxylic acids is 1. The van der Waals surface area contributed by atoms with Crippen molar-refractivity contribution in [3.63, 3.8) is 0 Å². The molecule has 0 saturated carbocycles. The first-order valence-corrected chi connectivity index (χ1v) is 10.9. The Morgan fingerprint density at radius 3 is 2.25 bits per heavy atom. The summed E-state index contributed by atoms with van der Waals surface area (Å²) in [5.41, 5.74) is 1.30. The Morgan fingerprint density at radius 1 is 0.929 bits per heavy atom. The van der Waals surface area contributed by atoms with Crippen molar-refractivity contribution in [2.24, 2.45) is 0 Å². The number of allylic oxidation sites excluding steroid dienone is 2. The quantitative estimate of drug-likeness (QED) is 0.136. The fourth-order valence-electron chi connectivity index (χ4n) is 3.13. The van der Waals surface area contributed by atoms with Crippen LogP contribution in [0.1, 0.15) is 94.3 Å². The third kappa shape index (κ3) is 12.3. The molecule has 1 aromatic rings. The zero-order valence-electron chi connectivity index (χ0n) is 17.4. The molecule has 0 fully saturated rings. The molecule has 0 aliphatic carbocycles. The van der Waals surface area contributed by atoms with Crippen molar-refractivity contribution < 1.29 is 14.7 Å². The van der Waals surface area contributed by atoms with Gasteiger partial charge in [0.15, 0.2) is 5.78 Å². The topological polar surface area (TPSA) is 66.4 Å². The standard InChI is InChI=1S/C24H37NO3/c1-2-3-4-5-6-7-8-9-10-11-12-13-14-18-25-22-17-15-16-21(19-22)23(26)20-24(27)28/h11-12,15-17,19,25H,2-10,13-14,18,20H2,1H3,(H,27,28)/b12-11+. The average molecular weight is 388 g/mol. The maximum atomic E-state index is 11.8. The van der Waals surface area contributed by atoms with Gasteiger partial charge in [0, 0.05) is 17.8 Å². The lowest BCUT2D eigenvalue weighted by Gasteiger charge is -2.07. The molecular formula is C24H37NO3. The van der Waals surface area contributed by atoms with Gasteiger partial charge in [-0.1, -0.05) is 76.2 Å². The monoisotopic (exact) mass is 387 g/mol. The number of ketones is 1. The number of unbranched alkanes of at least 4 members (excludes halogenated alkanes) is 9. The van der Waals surface area contributed by atoms with E-state index >= 15 is 0 Å². The summed E-state index contributed by atoms with van der Waals surface area (Å²) in [6.45, 7) is 3.09. The molecule has 0 unspecified atom stereocenters. The molecule has 0 spiro atoms. The first-order valence-electron chi connectivity index (χ1n) is 10.9. The molecular weight excluding hydrogens is 350 g/mol. The minimum absolute atomic E-state index is 0.361. The van der Waals surface area contributed by atoms with Gasteiger partial charge >= 0.3 is 5.97 Å². The highest BCUT2D eigenvalue weighted by atomic mass is 16.4. The van der Waals surface area contributed by atoms with Crippen molar-refractivity contribution in [2.45, 2.75) is 84.0 Å². The number of anilines is 1. The van der Waals surface area contributed by atoms with E-state index in [0.29, 0.717) is 5.56 Å². The number of carboxylic acid groups (broad SMARTS) is 1. The van der Waals surface area contributed by atoms with E-state index in [2.05, 4.69) is 24.4 Å². The number of carbonyl (C=O) groups excluding carboxylic acids is 1. The van der Waals surface area contributed by atoms with Crippen LogP contribution in [0, 0.1) is 0 Å². The average Bonchev–Trinajstić information content (AvgIpc) is 2.68. The van der Waals surface area contributed by atoms with Crippen molar-refractivity contribution >= 4 is 17.4 Å². The van der Waals surface area contributed by atoms with Crippen LogP contribution in [0.4, 0.5) is 5.69 Å². The number of Topliss-reactive ketones (excluding diaryl/α,β-unsaturated/α-hetero) is 1. The van der Waals surface area contributed by atoms with Crippen LogP contribution in [-0.2, 0) is 4.79 Å². The maximum absolute atomic E-state index is 11.8. The summed E-state index contributed by atoms with van der Waals surface area (Å²) in [6, 6.07) is 7.06. The van der Waals surface area contributed by atoms with Crippen LogP contribution in [-0.4, -0.2) is 23.4 Å². The molecule has 4 nitrogen and oxygen atoms in total. The van der Waals surface area contributed by atoms with E-state index in [9.17, 15) is 9.59 Å². The van der Waals surface area contributed by atoms with Crippen LogP contribution in [0.15, 0.2) is 36.4 Å². The Balaban J connectivity index is 2.06. The third-order valence-electron chi connectivity index (χ3n) is 4.76. The molecule has 0 saturated heterocycles. The van der Waals surface area contributed by atoms with Crippen LogP contribution in [0.2, 0.25) is 0 Å². The SMILES string of the molecule is CCCCCCCCCC/C=C/CCCNc1cccc(C(=O)CC(=O)O)c1. The van der Waals surface area contributed by atoms with Gasteiger partial charge in [-0.3, -0.25) is 9.59 Å². The minimum Gasteiger partial charge on any atom is -0.481 e. The first-order chi connectivity index (χ1) is 13.6. The molecule has 0 aliphatic rings. The van der Waals surface area contributed by atoms with E-state index in [4.69, 9.17) is 5.11 Å². The maximum Gasteiger partial charge on any atom is 0.311 e. The Bertz CT molecular complexity index is 595. The third-order valence-corrected chi connectivity index (χ3v) is 4.76. The number of carbonyl (C=O) groups is 2. The Hall–Kier alpha value is -2.10. The van der Waals surface area contributed by atoms with Crippen molar-refractivity contribution in [3.8, 4) is 0 Å². The van der Waals surface area contributed by atoms with Crippen molar-refractivity contribution in [2.75, 3.05) is 11.9 Å². The van der Waals surface area contributed by atoms with Crippen LogP contribution in [0.5, 0.6) is 0 Å².